The molecule has 0 radical (unpaired) electrons. The lowest BCUT2D eigenvalue weighted by atomic mass is 10.3. The molecule has 0 aliphatic carbocycles. The van der Waals surface area contributed by atoms with Crippen molar-refractivity contribution in [2.75, 3.05) is 13.6 Å². The standard InChI is InChI=1S/C8H15NO2/c1-6(2)8(11)9(4)5-7(3)10/h7,10H,1,5H2,2-4H3. The molecule has 3 heteroatoms. The first-order valence-electron chi connectivity index (χ1n) is 3.54. The van der Waals surface area contributed by atoms with E-state index in [1.54, 1.807) is 20.9 Å². The van der Waals surface area contributed by atoms with Crippen LogP contribution in [0.5, 0.6) is 0 Å². The lowest BCUT2D eigenvalue weighted by Crippen LogP contribution is -2.33. The molecule has 0 spiro atoms. The summed E-state index contributed by atoms with van der Waals surface area (Å²) < 4.78 is 0. The average Bonchev–Trinajstić information content (AvgIpc) is 1.84. The number of rotatable bonds is 3. The summed E-state index contributed by atoms with van der Waals surface area (Å²) in [5.41, 5.74) is 0.494. The first-order chi connectivity index (χ1) is 4.95. The number of aliphatic hydroxyl groups excluding tert-OH is 1. The quantitative estimate of drug-likeness (QED) is 0.602. The van der Waals surface area contributed by atoms with E-state index in [4.69, 9.17) is 5.11 Å². The fourth-order valence-electron chi connectivity index (χ4n) is 0.805. The molecular weight excluding hydrogens is 142 g/mol. The molecule has 0 bridgehead atoms. The fourth-order valence-corrected chi connectivity index (χ4v) is 0.805. The lowest BCUT2D eigenvalue weighted by molar-refractivity contribution is -0.126. The number of hydrogen-bond donors (Lipinski definition) is 1. The molecule has 0 saturated carbocycles. The Morgan fingerprint density at radius 3 is 2.45 bits per heavy atom. The van der Waals surface area contributed by atoms with Gasteiger partial charge in [0.1, 0.15) is 0 Å². The van der Waals surface area contributed by atoms with Crippen LogP contribution in [0.2, 0.25) is 0 Å². The van der Waals surface area contributed by atoms with Gasteiger partial charge in [-0.3, -0.25) is 4.79 Å². The molecule has 3 nitrogen and oxygen atoms in total. The van der Waals surface area contributed by atoms with Crippen LogP contribution < -0.4 is 0 Å². The van der Waals surface area contributed by atoms with Gasteiger partial charge in [-0.25, -0.2) is 0 Å². The third kappa shape index (κ3) is 3.78. The molecule has 0 saturated heterocycles. The van der Waals surface area contributed by atoms with Gasteiger partial charge in [0.15, 0.2) is 0 Å². The second-order valence-electron chi connectivity index (χ2n) is 2.82. The van der Waals surface area contributed by atoms with Crippen LogP contribution in [0.15, 0.2) is 12.2 Å². The molecule has 0 aromatic rings. The highest BCUT2D eigenvalue weighted by atomic mass is 16.3. The minimum absolute atomic E-state index is 0.120. The molecule has 0 aliphatic heterocycles. The Morgan fingerprint density at radius 2 is 2.18 bits per heavy atom. The largest absolute Gasteiger partial charge is 0.392 e. The highest BCUT2D eigenvalue weighted by molar-refractivity contribution is 5.91. The molecule has 1 atom stereocenters. The average molecular weight is 157 g/mol. The molecule has 0 rings (SSSR count). The van der Waals surface area contributed by atoms with Gasteiger partial charge >= 0.3 is 0 Å². The van der Waals surface area contributed by atoms with Crippen molar-refractivity contribution in [3.63, 3.8) is 0 Å². The Balaban J connectivity index is 3.93. The smallest absolute Gasteiger partial charge is 0.248 e. The van der Waals surface area contributed by atoms with E-state index in [9.17, 15) is 4.79 Å². The molecule has 0 fully saturated rings. The molecular formula is C8H15NO2. The van der Waals surface area contributed by atoms with Crippen molar-refractivity contribution >= 4 is 5.91 Å². The van der Waals surface area contributed by atoms with Gasteiger partial charge in [0, 0.05) is 19.2 Å². The van der Waals surface area contributed by atoms with Crippen LogP contribution in [0, 0.1) is 0 Å². The van der Waals surface area contributed by atoms with Crippen LogP contribution in [-0.2, 0) is 4.79 Å². The summed E-state index contributed by atoms with van der Waals surface area (Å²) in [6, 6.07) is 0. The van der Waals surface area contributed by atoms with Gasteiger partial charge in [0.05, 0.1) is 6.10 Å². The van der Waals surface area contributed by atoms with E-state index in [0.29, 0.717) is 12.1 Å². The van der Waals surface area contributed by atoms with Crippen LogP contribution in [0.1, 0.15) is 13.8 Å². The summed E-state index contributed by atoms with van der Waals surface area (Å²) in [4.78, 5) is 12.5. The van der Waals surface area contributed by atoms with Gasteiger partial charge in [-0.05, 0) is 13.8 Å². The van der Waals surface area contributed by atoms with E-state index in [2.05, 4.69) is 6.58 Å². The number of aliphatic hydroxyl groups is 1. The molecule has 0 aromatic heterocycles. The number of amides is 1. The maximum Gasteiger partial charge on any atom is 0.248 e. The van der Waals surface area contributed by atoms with E-state index < -0.39 is 6.10 Å². The van der Waals surface area contributed by atoms with E-state index in [1.165, 1.54) is 4.90 Å². The summed E-state index contributed by atoms with van der Waals surface area (Å²) >= 11 is 0. The van der Waals surface area contributed by atoms with E-state index >= 15 is 0 Å². The molecule has 0 aromatic carbocycles. The Morgan fingerprint density at radius 1 is 1.73 bits per heavy atom. The number of likely N-dealkylation sites (N-methyl/N-ethyl adjacent to an activating group) is 1. The van der Waals surface area contributed by atoms with Gasteiger partial charge in [0.2, 0.25) is 5.91 Å². The van der Waals surface area contributed by atoms with Crippen LogP contribution >= 0.6 is 0 Å². The molecule has 1 amide bonds. The van der Waals surface area contributed by atoms with Gasteiger partial charge in [-0.15, -0.1) is 0 Å². The molecule has 0 aliphatic rings. The maximum atomic E-state index is 11.1. The predicted molar refractivity (Wildman–Crippen MR) is 44.1 cm³/mol. The first-order valence-corrected chi connectivity index (χ1v) is 3.54. The zero-order chi connectivity index (χ0) is 9.02. The van der Waals surface area contributed by atoms with Crippen molar-refractivity contribution in [3.05, 3.63) is 12.2 Å². The van der Waals surface area contributed by atoms with Gasteiger partial charge in [-0.1, -0.05) is 6.58 Å². The Bertz CT molecular complexity index is 163. The Labute approximate surface area is 67.3 Å². The molecule has 11 heavy (non-hydrogen) atoms. The number of hydrogen-bond acceptors (Lipinski definition) is 2. The third-order valence-corrected chi connectivity index (χ3v) is 1.25. The topological polar surface area (TPSA) is 40.5 Å². The SMILES string of the molecule is C=C(C)C(=O)N(C)CC(C)O. The second-order valence-corrected chi connectivity index (χ2v) is 2.82. The number of nitrogens with zero attached hydrogens (tertiary/aromatic N) is 1. The highest BCUT2D eigenvalue weighted by Gasteiger charge is 2.10. The van der Waals surface area contributed by atoms with Crippen molar-refractivity contribution in [2.24, 2.45) is 0 Å². The van der Waals surface area contributed by atoms with Crippen molar-refractivity contribution in [1.29, 1.82) is 0 Å². The van der Waals surface area contributed by atoms with Crippen molar-refractivity contribution in [2.45, 2.75) is 20.0 Å². The van der Waals surface area contributed by atoms with Gasteiger partial charge < -0.3 is 10.0 Å². The van der Waals surface area contributed by atoms with E-state index in [-0.39, 0.29) is 5.91 Å². The molecule has 1 unspecified atom stereocenters. The van der Waals surface area contributed by atoms with Gasteiger partial charge in [-0.2, -0.15) is 0 Å². The van der Waals surface area contributed by atoms with Crippen LogP contribution in [0.3, 0.4) is 0 Å². The molecule has 1 N–H and O–H groups in total. The third-order valence-electron chi connectivity index (χ3n) is 1.25. The monoisotopic (exact) mass is 157 g/mol. The van der Waals surface area contributed by atoms with Crippen LogP contribution in [0.25, 0.3) is 0 Å². The zero-order valence-electron chi connectivity index (χ0n) is 7.29. The summed E-state index contributed by atoms with van der Waals surface area (Å²) in [5.74, 6) is -0.120. The van der Waals surface area contributed by atoms with E-state index in [0.717, 1.165) is 0 Å². The highest BCUT2D eigenvalue weighted by Crippen LogP contribution is 1.96. The summed E-state index contributed by atoms with van der Waals surface area (Å²) in [7, 11) is 1.64. The molecule has 0 heterocycles. The Hall–Kier alpha value is -0.830. The fraction of sp³-hybridized carbons (Fsp3) is 0.625. The number of carbonyl (C=O) groups is 1. The van der Waals surface area contributed by atoms with Crippen LogP contribution in [-0.4, -0.2) is 35.6 Å². The summed E-state index contributed by atoms with van der Waals surface area (Å²) in [6.07, 6.45) is -0.483. The minimum Gasteiger partial charge on any atom is -0.392 e. The number of carbonyl (C=O) groups excluding carboxylic acids is 1. The second kappa shape index (κ2) is 4.13. The van der Waals surface area contributed by atoms with Crippen molar-refractivity contribution in [1.82, 2.24) is 4.90 Å². The molecule has 64 valence electrons. The normalized spacial score (nSPS) is 12.4. The van der Waals surface area contributed by atoms with Crippen molar-refractivity contribution in [3.8, 4) is 0 Å². The lowest BCUT2D eigenvalue weighted by Gasteiger charge is -2.18. The minimum atomic E-state index is -0.483. The maximum absolute atomic E-state index is 11.1. The first kappa shape index (κ1) is 10.2. The summed E-state index contributed by atoms with van der Waals surface area (Å²) in [5, 5.41) is 8.93. The predicted octanol–water partition coefficient (Wildman–Crippen LogP) is 0.402. The summed E-state index contributed by atoms with van der Waals surface area (Å²) in [6.45, 7) is 7.16. The Kier molecular flexibility index (Phi) is 3.82. The van der Waals surface area contributed by atoms with Gasteiger partial charge in [0.25, 0.3) is 0 Å². The van der Waals surface area contributed by atoms with E-state index in [1.807, 2.05) is 0 Å². The van der Waals surface area contributed by atoms with Crippen molar-refractivity contribution < 1.29 is 9.90 Å². The van der Waals surface area contributed by atoms with Crippen LogP contribution in [0.4, 0.5) is 0 Å². The zero-order valence-corrected chi connectivity index (χ0v) is 7.29.